The number of esters is 1. The van der Waals surface area contributed by atoms with Crippen molar-refractivity contribution in [1.82, 2.24) is 14.5 Å². The largest absolute Gasteiger partial charge is 0.466 e. The number of fused-ring (bicyclic) bond motifs is 1. The van der Waals surface area contributed by atoms with Gasteiger partial charge in [0.15, 0.2) is 0 Å². The van der Waals surface area contributed by atoms with Crippen LogP contribution in [-0.4, -0.2) is 46.7 Å². The Morgan fingerprint density at radius 3 is 2.62 bits per heavy atom. The van der Waals surface area contributed by atoms with Crippen molar-refractivity contribution in [3.05, 3.63) is 80.5 Å². The maximum absolute atomic E-state index is 12.8. The predicted molar refractivity (Wildman–Crippen MR) is 124 cm³/mol. The number of aryl methyl sites for hydroxylation is 1. The van der Waals surface area contributed by atoms with E-state index in [9.17, 15) is 14.4 Å². The Hall–Kier alpha value is -3.19. The number of hydrogen-bond acceptors (Lipinski definition) is 5. The first-order valence-corrected chi connectivity index (χ1v) is 11.2. The molecular weight excluding hydrogens is 406 g/mol. The Kier molecular flexibility index (Phi) is 6.55. The molecule has 2 heterocycles. The zero-order chi connectivity index (χ0) is 22.7. The molecule has 1 aliphatic rings. The number of carbonyl (C=O) groups excluding carboxylic acids is 1. The highest BCUT2D eigenvalue weighted by atomic mass is 16.5. The van der Waals surface area contributed by atoms with Crippen LogP contribution in [0.1, 0.15) is 30.4 Å². The van der Waals surface area contributed by atoms with Crippen LogP contribution in [0.2, 0.25) is 0 Å². The maximum Gasteiger partial charge on any atom is 0.328 e. The number of H-pyrrole nitrogens is 1. The zero-order valence-corrected chi connectivity index (χ0v) is 18.5. The second-order valence-electron chi connectivity index (χ2n) is 8.34. The van der Waals surface area contributed by atoms with Crippen molar-refractivity contribution in [3.63, 3.8) is 0 Å². The number of para-hydroxylation sites is 1. The van der Waals surface area contributed by atoms with Gasteiger partial charge in [0, 0.05) is 19.6 Å². The summed E-state index contributed by atoms with van der Waals surface area (Å²) in [4.78, 5) is 43.0. The quantitative estimate of drug-likeness (QED) is 0.602. The highest BCUT2D eigenvalue weighted by Crippen LogP contribution is 2.35. The van der Waals surface area contributed by atoms with E-state index >= 15 is 0 Å². The summed E-state index contributed by atoms with van der Waals surface area (Å²) in [7, 11) is 0. The number of hydrogen-bond donors (Lipinski definition) is 1. The van der Waals surface area contributed by atoms with Gasteiger partial charge in [0.05, 0.1) is 23.4 Å². The van der Waals surface area contributed by atoms with Gasteiger partial charge in [-0.2, -0.15) is 0 Å². The Balaban J connectivity index is 1.53. The van der Waals surface area contributed by atoms with E-state index in [0.29, 0.717) is 30.6 Å². The lowest BCUT2D eigenvalue weighted by Gasteiger charge is -2.38. The number of aromatic amines is 1. The third kappa shape index (κ3) is 4.39. The summed E-state index contributed by atoms with van der Waals surface area (Å²) < 4.78 is 6.64. The molecule has 0 aliphatic carbocycles. The number of aromatic nitrogens is 2. The third-order valence-corrected chi connectivity index (χ3v) is 6.40. The van der Waals surface area contributed by atoms with Crippen molar-refractivity contribution in [2.24, 2.45) is 5.92 Å². The van der Waals surface area contributed by atoms with E-state index < -0.39 is 5.69 Å². The fraction of sp³-hybridized carbons (Fsp3) is 0.400. The molecule has 0 bridgehead atoms. The molecule has 168 valence electrons. The smallest absolute Gasteiger partial charge is 0.328 e. The minimum atomic E-state index is -0.412. The van der Waals surface area contributed by atoms with Gasteiger partial charge < -0.3 is 14.6 Å². The van der Waals surface area contributed by atoms with Crippen LogP contribution in [0.5, 0.6) is 0 Å². The number of ether oxygens (including phenoxy) is 1. The van der Waals surface area contributed by atoms with E-state index in [4.69, 9.17) is 4.74 Å². The van der Waals surface area contributed by atoms with Crippen molar-refractivity contribution in [3.8, 4) is 0 Å². The number of carbonyl (C=O) groups is 1. The van der Waals surface area contributed by atoms with Gasteiger partial charge in [0.25, 0.3) is 5.56 Å². The lowest BCUT2D eigenvalue weighted by molar-refractivity contribution is -0.150. The SMILES string of the molecule is CCOC(=O)[C@H]1CN(CCn2c(=O)[nH]c3ccccc3c2=O)CC[C@H]1c1ccccc1C. The van der Waals surface area contributed by atoms with Gasteiger partial charge in [-0.25, -0.2) is 4.79 Å². The van der Waals surface area contributed by atoms with Crippen LogP contribution in [-0.2, 0) is 16.1 Å². The predicted octanol–water partition coefficient (Wildman–Crippen LogP) is 2.67. The highest BCUT2D eigenvalue weighted by Gasteiger charge is 2.36. The summed E-state index contributed by atoms with van der Waals surface area (Å²) in [5, 5.41) is 0.495. The molecular formula is C25H29N3O4. The molecule has 2 aromatic carbocycles. The first-order chi connectivity index (χ1) is 15.5. The van der Waals surface area contributed by atoms with Crippen LogP contribution >= 0.6 is 0 Å². The van der Waals surface area contributed by atoms with E-state index in [1.807, 2.05) is 19.1 Å². The van der Waals surface area contributed by atoms with Crippen molar-refractivity contribution < 1.29 is 9.53 Å². The van der Waals surface area contributed by atoms with Crippen LogP contribution in [0, 0.1) is 12.8 Å². The monoisotopic (exact) mass is 435 g/mol. The topological polar surface area (TPSA) is 84.4 Å². The Bertz CT molecular complexity index is 1230. The van der Waals surface area contributed by atoms with E-state index in [1.165, 1.54) is 15.7 Å². The second kappa shape index (κ2) is 9.53. The first-order valence-electron chi connectivity index (χ1n) is 11.2. The average molecular weight is 436 g/mol. The van der Waals surface area contributed by atoms with Crippen LogP contribution in [0.25, 0.3) is 10.9 Å². The molecule has 1 saturated heterocycles. The van der Waals surface area contributed by atoms with Gasteiger partial charge in [-0.1, -0.05) is 36.4 Å². The number of rotatable bonds is 6. The minimum Gasteiger partial charge on any atom is -0.466 e. The van der Waals surface area contributed by atoms with Crippen molar-refractivity contribution in [2.75, 3.05) is 26.2 Å². The van der Waals surface area contributed by atoms with E-state index in [1.54, 1.807) is 24.3 Å². The van der Waals surface area contributed by atoms with E-state index in [2.05, 4.69) is 28.9 Å². The molecule has 2 atom stereocenters. The van der Waals surface area contributed by atoms with Gasteiger partial charge in [-0.05, 0) is 56.0 Å². The van der Waals surface area contributed by atoms with Crippen molar-refractivity contribution in [1.29, 1.82) is 0 Å². The molecule has 0 amide bonds. The number of nitrogens with zero attached hydrogens (tertiary/aromatic N) is 2. The average Bonchev–Trinajstić information content (AvgIpc) is 2.79. The number of benzene rings is 2. The van der Waals surface area contributed by atoms with Gasteiger partial charge >= 0.3 is 11.7 Å². The fourth-order valence-corrected chi connectivity index (χ4v) is 4.73. The lowest BCUT2D eigenvalue weighted by atomic mass is 9.79. The normalized spacial score (nSPS) is 19.2. The molecule has 32 heavy (non-hydrogen) atoms. The van der Waals surface area contributed by atoms with Gasteiger partial charge in [0.1, 0.15) is 0 Å². The maximum atomic E-state index is 12.8. The molecule has 7 nitrogen and oxygen atoms in total. The standard InChI is InChI=1S/C25H29N3O4/c1-3-32-24(30)21-16-27(13-12-19(21)18-9-5-4-8-17(18)2)14-15-28-23(29)20-10-6-7-11-22(20)26-25(28)31/h4-11,19,21H,3,12-16H2,1-2H3,(H,26,31)/t19-,21-/m0/s1. The van der Waals surface area contributed by atoms with Gasteiger partial charge in [-0.3, -0.25) is 14.2 Å². The van der Waals surface area contributed by atoms with Gasteiger partial charge in [0.2, 0.25) is 0 Å². The molecule has 1 aliphatic heterocycles. The van der Waals surface area contributed by atoms with Gasteiger partial charge in [-0.15, -0.1) is 0 Å². The summed E-state index contributed by atoms with van der Waals surface area (Å²) in [6.07, 6.45) is 0.817. The van der Waals surface area contributed by atoms with Crippen LogP contribution < -0.4 is 11.2 Å². The Labute approximate surface area is 186 Å². The summed E-state index contributed by atoms with van der Waals surface area (Å²) in [5.41, 5.74) is 2.20. The molecule has 0 spiro atoms. The molecule has 4 rings (SSSR count). The lowest BCUT2D eigenvalue weighted by Crippen LogP contribution is -2.46. The van der Waals surface area contributed by atoms with Crippen LogP contribution in [0.3, 0.4) is 0 Å². The Morgan fingerprint density at radius 2 is 1.84 bits per heavy atom. The fourth-order valence-electron chi connectivity index (χ4n) is 4.73. The minimum absolute atomic E-state index is 0.0956. The number of nitrogens with one attached hydrogen (secondary N) is 1. The Morgan fingerprint density at radius 1 is 1.09 bits per heavy atom. The molecule has 7 heteroatoms. The summed E-state index contributed by atoms with van der Waals surface area (Å²) in [5.74, 6) is -0.374. The molecule has 1 aromatic heterocycles. The highest BCUT2D eigenvalue weighted by molar-refractivity contribution is 5.77. The second-order valence-corrected chi connectivity index (χ2v) is 8.34. The summed E-state index contributed by atoms with van der Waals surface area (Å²) >= 11 is 0. The van der Waals surface area contributed by atoms with Crippen molar-refractivity contribution in [2.45, 2.75) is 32.7 Å². The third-order valence-electron chi connectivity index (χ3n) is 6.40. The van der Waals surface area contributed by atoms with Crippen LogP contribution in [0.4, 0.5) is 0 Å². The molecule has 1 N–H and O–H groups in total. The molecule has 0 saturated carbocycles. The number of likely N-dealkylation sites (tertiary alicyclic amines) is 1. The molecule has 0 unspecified atom stereocenters. The van der Waals surface area contributed by atoms with E-state index in [-0.39, 0.29) is 29.9 Å². The molecule has 0 radical (unpaired) electrons. The van der Waals surface area contributed by atoms with E-state index in [0.717, 1.165) is 13.0 Å². The zero-order valence-electron chi connectivity index (χ0n) is 18.5. The summed E-state index contributed by atoms with van der Waals surface area (Å²) in [6, 6.07) is 15.2. The van der Waals surface area contributed by atoms with Crippen molar-refractivity contribution >= 4 is 16.9 Å². The number of piperidine rings is 1. The first kappa shape index (κ1) is 22.0. The summed E-state index contributed by atoms with van der Waals surface area (Å²) in [6.45, 7) is 6.34. The van der Waals surface area contributed by atoms with Crippen LogP contribution in [0.15, 0.2) is 58.1 Å². The molecule has 1 fully saturated rings. The molecule has 3 aromatic rings.